The van der Waals surface area contributed by atoms with Gasteiger partial charge in [-0.3, -0.25) is 4.79 Å². The Labute approximate surface area is 218 Å². The summed E-state index contributed by atoms with van der Waals surface area (Å²) >= 11 is 13.4. The summed E-state index contributed by atoms with van der Waals surface area (Å²) in [5.74, 6) is -0.907. The minimum absolute atomic E-state index is 0.0114. The van der Waals surface area contributed by atoms with Gasteiger partial charge in [0.2, 0.25) is 0 Å². The number of hydrogen-bond acceptors (Lipinski definition) is 5. The lowest BCUT2D eigenvalue weighted by Gasteiger charge is -2.40. The first-order chi connectivity index (χ1) is 16.7. The number of amides is 1. The normalized spacial score (nSPS) is 17.5. The Kier molecular flexibility index (Phi) is 7.76. The van der Waals surface area contributed by atoms with Crippen LogP contribution in [-0.2, 0) is 9.84 Å². The maximum Gasteiger partial charge on any atom is 0.265 e. The average molecular weight is 557 g/mol. The molecule has 1 aliphatic heterocycles. The number of hydrogen-bond donors (Lipinski definition) is 0. The van der Waals surface area contributed by atoms with Crippen LogP contribution in [0.1, 0.15) is 45.8 Å². The van der Waals surface area contributed by atoms with E-state index in [4.69, 9.17) is 27.9 Å². The minimum atomic E-state index is -4.17. The Bertz CT molecular complexity index is 1340. The molecule has 186 valence electrons. The Balaban J connectivity index is 1.91. The third kappa shape index (κ3) is 4.94. The van der Waals surface area contributed by atoms with E-state index in [0.717, 1.165) is 6.42 Å². The molecular weight excluding hydrogens is 532 g/mol. The lowest BCUT2D eigenvalue weighted by molar-refractivity contribution is 0.0573. The van der Waals surface area contributed by atoms with Crippen LogP contribution in [0.4, 0.5) is 4.39 Å². The molecule has 10 heteroatoms. The lowest BCUT2D eigenvalue weighted by atomic mass is 9.97. The van der Waals surface area contributed by atoms with Gasteiger partial charge in [0.25, 0.3) is 5.91 Å². The van der Waals surface area contributed by atoms with Gasteiger partial charge in [0.1, 0.15) is 28.3 Å². The summed E-state index contributed by atoms with van der Waals surface area (Å²) < 4.78 is 49.4. The number of nitrogens with zero attached hydrogens (tertiary/aromatic N) is 1. The number of fused-ring (bicyclic) bond motifs is 1. The second kappa shape index (κ2) is 10.5. The van der Waals surface area contributed by atoms with Crippen molar-refractivity contribution < 1.29 is 22.3 Å². The highest BCUT2D eigenvalue weighted by Gasteiger charge is 2.47. The van der Waals surface area contributed by atoms with Crippen LogP contribution in [0.15, 0.2) is 52.7 Å². The first-order valence-corrected chi connectivity index (χ1v) is 14.3. The van der Waals surface area contributed by atoms with E-state index in [2.05, 4.69) is 0 Å². The Morgan fingerprint density at radius 3 is 2.51 bits per heavy atom. The summed E-state index contributed by atoms with van der Waals surface area (Å²) in [5.41, 5.74) is 0.548. The maximum atomic E-state index is 15.4. The van der Waals surface area contributed by atoms with E-state index in [1.54, 1.807) is 24.4 Å². The molecule has 0 unspecified atom stereocenters. The largest absolute Gasteiger partial charge is 0.491 e. The number of halogens is 3. The number of sulfone groups is 1. The topological polar surface area (TPSA) is 63.7 Å². The summed E-state index contributed by atoms with van der Waals surface area (Å²) in [5, 5.41) is 0.984. The van der Waals surface area contributed by atoms with Gasteiger partial charge in [-0.05, 0) is 60.7 Å². The Morgan fingerprint density at radius 1 is 1.17 bits per heavy atom. The molecule has 0 aliphatic carbocycles. The van der Waals surface area contributed by atoms with Crippen molar-refractivity contribution in [3.63, 3.8) is 0 Å². The first-order valence-electron chi connectivity index (χ1n) is 11.1. The Morgan fingerprint density at radius 2 is 1.89 bits per heavy atom. The molecule has 4 rings (SSSR count). The summed E-state index contributed by atoms with van der Waals surface area (Å²) in [6.45, 7) is 3.87. The van der Waals surface area contributed by atoms with E-state index in [1.807, 2.05) is 6.92 Å². The van der Waals surface area contributed by atoms with Crippen LogP contribution in [0, 0.1) is 12.7 Å². The number of carbonyl (C=O) groups excluding carboxylic acids is 1. The van der Waals surface area contributed by atoms with Crippen LogP contribution in [-0.4, -0.2) is 38.4 Å². The van der Waals surface area contributed by atoms with E-state index in [9.17, 15) is 13.2 Å². The molecule has 0 saturated heterocycles. The quantitative estimate of drug-likeness (QED) is 0.324. The fraction of sp³-hybridized carbons (Fsp3) is 0.320. The van der Waals surface area contributed by atoms with Gasteiger partial charge in [0.05, 0.1) is 21.5 Å². The molecule has 1 aromatic heterocycles. The number of ether oxygens (including phenoxy) is 1. The van der Waals surface area contributed by atoms with Crippen LogP contribution in [0.25, 0.3) is 0 Å². The Hall–Kier alpha value is -2.13. The van der Waals surface area contributed by atoms with Gasteiger partial charge in [-0.15, -0.1) is 11.3 Å². The van der Waals surface area contributed by atoms with Crippen molar-refractivity contribution in [3.8, 4) is 5.75 Å². The molecule has 2 aromatic carbocycles. The van der Waals surface area contributed by atoms with Gasteiger partial charge >= 0.3 is 0 Å². The smallest absolute Gasteiger partial charge is 0.265 e. The van der Waals surface area contributed by atoms with Gasteiger partial charge in [0, 0.05) is 11.6 Å². The van der Waals surface area contributed by atoms with Gasteiger partial charge < -0.3 is 9.64 Å². The lowest BCUT2D eigenvalue weighted by Crippen LogP contribution is -2.51. The third-order valence-electron chi connectivity index (χ3n) is 6.07. The SMILES string of the molecule is CCCCN(C(=O)c1sccc1Cl)[C@H]1COc2c(C)ccc(F)c2[C@@H]1S(=O)(=O)c1ccc(Cl)cc1. The molecule has 2 atom stereocenters. The van der Waals surface area contributed by atoms with Crippen molar-refractivity contribution in [2.75, 3.05) is 13.2 Å². The number of thiophene rings is 1. The van der Waals surface area contributed by atoms with Gasteiger partial charge in [-0.1, -0.05) is 42.6 Å². The fourth-order valence-electron chi connectivity index (χ4n) is 4.30. The molecule has 0 saturated carbocycles. The number of rotatable bonds is 7. The van der Waals surface area contributed by atoms with Crippen LogP contribution < -0.4 is 4.74 Å². The molecule has 0 fully saturated rings. The van der Waals surface area contributed by atoms with Crippen molar-refractivity contribution in [1.82, 2.24) is 4.90 Å². The first kappa shape index (κ1) is 25.9. The zero-order chi connectivity index (χ0) is 25.3. The molecular formula is C25H24Cl2FNO4S2. The number of unbranched alkanes of at least 4 members (excludes halogenated alkanes) is 1. The predicted octanol–water partition coefficient (Wildman–Crippen LogP) is 6.72. The summed E-state index contributed by atoms with van der Waals surface area (Å²) in [6.07, 6.45) is 1.40. The van der Waals surface area contributed by atoms with Crippen LogP contribution in [0.5, 0.6) is 5.75 Å². The van der Waals surface area contributed by atoms with Gasteiger partial charge in [0.15, 0.2) is 9.84 Å². The summed E-state index contributed by atoms with van der Waals surface area (Å²) in [6, 6.07) is 9.16. The number of aryl methyl sites for hydroxylation is 1. The van der Waals surface area contributed by atoms with Crippen LogP contribution in [0.2, 0.25) is 10.0 Å². The van der Waals surface area contributed by atoms with Crippen LogP contribution in [0.3, 0.4) is 0 Å². The molecule has 35 heavy (non-hydrogen) atoms. The monoisotopic (exact) mass is 555 g/mol. The molecule has 0 radical (unpaired) electrons. The van der Waals surface area contributed by atoms with Crippen molar-refractivity contribution in [2.45, 2.75) is 42.9 Å². The zero-order valence-electron chi connectivity index (χ0n) is 19.1. The van der Waals surface area contributed by atoms with E-state index in [0.29, 0.717) is 21.9 Å². The molecule has 1 amide bonds. The molecule has 3 aromatic rings. The van der Waals surface area contributed by atoms with E-state index in [1.165, 1.54) is 46.6 Å². The summed E-state index contributed by atoms with van der Waals surface area (Å²) in [7, 11) is -4.17. The fourth-order valence-corrected chi connectivity index (χ4v) is 7.49. The van der Waals surface area contributed by atoms with Crippen LogP contribution >= 0.6 is 34.5 Å². The number of carbonyl (C=O) groups is 1. The van der Waals surface area contributed by atoms with Crippen molar-refractivity contribution >= 4 is 50.3 Å². The van der Waals surface area contributed by atoms with Gasteiger partial charge in [-0.2, -0.15) is 0 Å². The maximum absolute atomic E-state index is 15.4. The molecule has 2 heterocycles. The highest BCUT2D eigenvalue weighted by atomic mass is 35.5. The average Bonchev–Trinajstić information content (AvgIpc) is 3.27. The van der Waals surface area contributed by atoms with Gasteiger partial charge in [-0.25, -0.2) is 12.8 Å². The molecule has 0 spiro atoms. The molecule has 1 aliphatic rings. The predicted molar refractivity (Wildman–Crippen MR) is 137 cm³/mol. The second-order valence-corrected chi connectivity index (χ2v) is 12.2. The molecule has 5 nitrogen and oxygen atoms in total. The number of benzene rings is 2. The summed E-state index contributed by atoms with van der Waals surface area (Å²) in [4.78, 5) is 15.4. The standard InChI is InChI=1S/C25H24Cl2FNO4S2/c1-3-4-12-29(25(30)23-18(27)11-13-34-23)20-14-33-22-15(2)5-10-19(28)21(22)24(20)35(31,32)17-8-6-16(26)7-9-17/h5-11,13,20,24H,3-4,12,14H2,1-2H3/t20-,24+/m0/s1. The van der Waals surface area contributed by atoms with E-state index >= 15 is 4.39 Å². The van der Waals surface area contributed by atoms with E-state index in [-0.39, 0.29) is 34.4 Å². The highest BCUT2D eigenvalue weighted by molar-refractivity contribution is 7.91. The van der Waals surface area contributed by atoms with Crippen molar-refractivity contribution in [3.05, 3.63) is 79.7 Å². The minimum Gasteiger partial charge on any atom is -0.491 e. The second-order valence-electron chi connectivity index (χ2n) is 8.35. The van der Waals surface area contributed by atoms with Crippen molar-refractivity contribution in [2.24, 2.45) is 0 Å². The third-order valence-corrected chi connectivity index (χ3v) is 9.80. The molecule has 0 N–H and O–H groups in total. The van der Waals surface area contributed by atoms with Crippen molar-refractivity contribution in [1.29, 1.82) is 0 Å². The molecule has 0 bridgehead atoms. The zero-order valence-corrected chi connectivity index (χ0v) is 22.3. The van der Waals surface area contributed by atoms with E-state index < -0.39 is 32.9 Å². The highest BCUT2D eigenvalue weighted by Crippen LogP contribution is 2.45.